The summed E-state index contributed by atoms with van der Waals surface area (Å²) in [5.41, 5.74) is 1.37. The minimum absolute atomic E-state index is 0.0114. The van der Waals surface area contributed by atoms with Gasteiger partial charge in [0.25, 0.3) is 0 Å². The molecule has 2 heteroatoms. The molecule has 0 aliphatic heterocycles. The zero-order chi connectivity index (χ0) is 17.0. The van der Waals surface area contributed by atoms with Crippen molar-refractivity contribution in [1.29, 1.82) is 0 Å². The average Bonchev–Trinajstić information content (AvgIpc) is 2.49. The zero-order valence-corrected chi connectivity index (χ0v) is 12.4. The Labute approximate surface area is 128 Å². The lowest BCUT2D eigenvalue weighted by Crippen LogP contribution is -2.11. The maximum atomic E-state index is 11.8. The first-order chi connectivity index (χ1) is 10.8. The van der Waals surface area contributed by atoms with Crippen LogP contribution < -0.4 is 4.74 Å². The summed E-state index contributed by atoms with van der Waals surface area (Å²) in [6.45, 7) is 5.99. The Morgan fingerprint density at radius 3 is 2.29 bits per heavy atom. The first-order valence-corrected chi connectivity index (χ1v) is 6.68. The molecule has 0 fully saturated rings. The van der Waals surface area contributed by atoms with Gasteiger partial charge in [0.2, 0.25) is 0 Å². The third-order valence-corrected chi connectivity index (χ3v) is 2.86. The van der Waals surface area contributed by atoms with Crippen LogP contribution in [0.2, 0.25) is 0 Å². The van der Waals surface area contributed by atoms with Gasteiger partial charge >= 0.3 is 5.97 Å². The molecule has 2 rings (SSSR count). The quantitative estimate of drug-likeness (QED) is 0.449. The van der Waals surface area contributed by atoms with Crippen LogP contribution in [0.5, 0.6) is 5.75 Å². The van der Waals surface area contributed by atoms with Crippen molar-refractivity contribution in [3.8, 4) is 17.6 Å². The van der Waals surface area contributed by atoms with E-state index < -0.39 is 5.97 Å². The topological polar surface area (TPSA) is 26.3 Å². The van der Waals surface area contributed by atoms with Crippen molar-refractivity contribution in [2.24, 2.45) is 0 Å². The van der Waals surface area contributed by atoms with Crippen LogP contribution in [0.3, 0.4) is 0 Å². The number of rotatable bonds is 1. The highest BCUT2D eigenvalue weighted by molar-refractivity contribution is 5.90. The Morgan fingerprint density at radius 2 is 1.71 bits per heavy atom. The van der Waals surface area contributed by atoms with Crippen molar-refractivity contribution in [3.63, 3.8) is 0 Å². The van der Waals surface area contributed by atoms with Gasteiger partial charge in [0.05, 0.1) is 2.74 Å². The summed E-state index contributed by atoms with van der Waals surface area (Å²) < 4.78 is 21.0. The molecule has 0 aromatic heterocycles. The third-order valence-electron chi connectivity index (χ3n) is 2.86. The van der Waals surface area contributed by atoms with E-state index in [-0.39, 0.29) is 23.2 Å². The van der Waals surface area contributed by atoms with Crippen LogP contribution in [-0.4, -0.2) is 5.97 Å². The van der Waals surface area contributed by atoms with Crippen LogP contribution in [0.4, 0.5) is 0 Å². The van der Waals surface area contributed by atoms with Gasteiger partial charge in [-0.1, -0.05) is 57.0 Å². The van der Waals surface area contributed by atoms with E-state index in [1.54, 1.807) is 24.3 Å². The molecule has 0 saturated heterocycles. The van der Waals surface area contributed by atoms with Crippen LogP contribution in [0.15, 0.2) is 54.5 Å². The summed E-state index contributed by atoms with van der Waals surface area (Å²) in [4.78, 5) is 11.8. The van der Waals surface area contributed by atoms with Crippen LogP contribution >= 0.6 is 0 Å². The molecule has 0 aliphatic rings. The van der Waals surface area contributed by atoms with Gasteiger partial charge < -0.3 is 4.74 Å². The average molecular weight is 280 g/mol. The first-order valence-electron chi connectivity index (χ1n) is 7.68. The van der Waals surface area contributed by atoms with Gasteiger partial charge in [-0.05, 0) is 35.2 Å². The molecule has 0 spiro atoms. The molecule has 0 saturated carbocycles. The van der Waals surface area contributed by atoms with E-state index in [0.29, 0.717) is 5.56 Å². The predicted octanol–water partition coefficient (Wildman–Crippen LogP) is 3.94. The number of hydrogen-bond donors (Lipinski definition) is 0. The highest BCUT2D eigenvalue weighted by atomic mass is 16.5. The molecule has 0 bridgehead atoms. The molecule has 0 amide bonds. The van der Waals surface area contributed by atoms with Crippen LogP contribution in [-0.2, 0) is 10.2 Å². The smallest absolute Gasteiger partial charge is 0.390 e. The van der Waals surface area contributed by atoms with E-state index in [1.165, 1.54) is 0 Å². The zero-order valence-electron chi connectivity index (χ0n) is 14.4. The highest BCUT2D eigenvalue weighted by Gasteiger charge is 2.13. The summed E-state index contributed by atoms with van der Waals surface area (Å²) in [5, 5.41) is 0. The normalized spacial score (nSPS) is 11.8. The number of ether oxygens (including phenoxy) is 1. The minimum atomic E-state index is -0.778. The maximum absolute atomic E-state index is 11.8. The van der Waals surface area contributed by atoms with Crippen molar-refractivity contribution in [1.82, 2.24) is 0 Å². The monoisotopic (exact) mass is 280 g/mol. The summed E-state index contributed by atoms with van der Waals surface area (Å²) >= 11 is 0. The van der Waals surface area contributed by atoms with Gasteiger partial charge in [-0.25, -0.2) is 4.79 Å². The van der Waals surface area contributed by atoms with Gasteiger partial charge in [-0.15, -0.1) is 0 Å². The van der Waals surface area contributed by atoms with Crippen molar-refractivity contribution in [3.05, 3.63) is 65.7 Å². The fraction of sp³-hybridized carbons (Fsp3) is 0.211. The SMILES string of the molecule is [2H]c1cc(C(C)(C)C)cc([2H])c1OC(=O)C#Cc1ccccc1. The molecule has 2 aromatic carbocycles. The van der Waals surface area contributed by atoms with Crippen molar-refractivity contribution in [2.45, 2.75) is 26.2 Å². The van der Waals surface area contributed by atoms with Gasteiger partial charge in [0.15, 0.2) is 0 Å². The van der Waals surface area contributed by atoms with Gasteiger partial charge in [0.1, 0.15) is 5.75 Å². The molecule has 106 valence electrons. The van der Waals surface area contributed by atoms with E-state index in [4.69, 9.17) is 7.48 Å². The summed E-state index contributed by atoms with van der Waals surface area (Å²) in [6, 6.07) is 12.3. The van der Waals surface area contributed by atoms with Crippen molar-refractivity contribution in [2.75, 3.05) is 0 Å². The van der Waals surface area contributed by atoms with Crippen LogP contribution in [0, 0.1) is 11.8 Å². The molecule has 2 nitrogen and oxygen atoms in total. The Bertz CT molecular complexity index is 755. The Balaban J connectivity index is 2.21. The van der Waals surface area contributed by atoms with Crippen LogP contribution in [0.1, 0.15) is 34.6 Å². The Hall–Kier alpha value is -2.53. The lowest BCUT2D eigenvalue weighted by molar-refractivity contribution is -0.128. The van der Waals surface area contributed by atoms with Gasteiger partial charge in [0, 0.05) is 11.5 Å². The number of carbonyl (C=O) groups is 1. The Morgan fingerprint density at radius 1 is 1.10 bits per heavy atom. The molecular formula is C19H18O2. The lowest BCUT2D eigenvalue weighted by atomic mass is 9.87. The standard InChI is InChI=1S/C19H18O2/c1-19(2,3)16-10-12-17(13-11-16)21-18(20)14-9-15-7-5-4-6-8-15/h4-8,10-13H,1-3H3/i12D,13D. The molecule has 0 radical (unpaired) electrons. The largest absolute Gasteiger partial charge is 0.417 e. The summed E-state index contributed by atoms with van der Waals surface area (Å²) in [7, 11) is 0. The van der Waals surface area contributed by atoms with Crippen LogP contribution in [0.25, 0.3) is 0 Å². The van der Waals surface area contributed by atoms with Gasteiger partial charge in [-0.3, -0.25) is 0 Å². The van der Waals surface area contributed by atoms with Crippen molar-refractivity contribution >= 4 is 5.97 Å². The number of benzene rings is 2. The second kappa shape index (κ2) is 6.28. The molecule has 2 aromatic rings. The molecule has 0 N–H and O–H groups in total. The molecule has 0 aliphatic carbocycles. The minimum Gasteiger partial charge on any atom is -0.417 e. The van der Waals surface area contributed by atoms with E-state index in [2.05, 4.69) is 11.8 Å². The maximum Gasteiger partial charge on any atom is 0.390 e. The molecule has 21 heavy (non-hydrogen) atoms. The van der Waals surface area contributed by atoms with Gasteiger partial charge in [-0.2, -0.15) is 0 Å². The third kappa shape index (κ3) is 4.50. The number of esters is 1. The Kier molecular flexibility index (Phi) is 3.66. The van der Waals surface area contributed by atoms with E-state index in [9.17, 15) is 4.79 Å². The van der Waals surface area contributed by atoms with E-state index in [1.807, 2.05) is 39.0 Å². The molecule has 0 heterocycles. The summed E-state index contributed by atoms with van der Waals surface area (Å²) in [5.74, 6) is 4.22. The van der Waals surface area contributed by atoms with Crippen molar-refractivity contribution < 1.29 is 12.3 Å². The number of hydrogen-bond acceptors (Lipinski definition) is 2. The number of carbonyl (C=O) groups excluding carboxylic acids is 1. The summed E-state index contributed by atoms with van der Waals surface area (Å²) in [6.07, 6.45) is 0. The van der Waals surface area contributed by atoms with E-state index >= 15 is 0 Å². The second-order valence-electron chi connectivity index (χ2n) is 5.62. The predicted molar refractivity (Wildman–Crippen MR) is 84.1 cm³/mol. The molecule has 0 unspecified atom stereocenters. The highest BCUT2D eigenvalue weighted by Crippen LogP contribution is 2.24. The fourth-order valence-electron chi connectivity index (χ4n) is 1.62. The second-order valence-corrected chi connectivity index (χ2v) is 5.62. The first kappa shape index (κ1) is 12.2. The van der Waals surface area contributed by atoms with E-state index in [0.717, 1.165) is 5.56 Å². The fourth-order valence-corrected chi connectivity index (χ4v) is 1.62. The molecule has 0 atom stereocenters. The lowest BCUT2D eigenvalue weighted by Gasteiger charge is -2.18. The molecular weight excluding hydrogens is 260 g/mol.